The van der Waals surface area contributed by atoms with E-state index in [1.54, 1.807) is 27.9 Å². The van der Waals surface area contributed by atoms with Gasteiger partial charge in [0.25, 0.3) is 0 Å². The van der Waals surface area contributed by atoms with E-state index in [9.17, 15) is 13.2 Å². The van der Waals surface area contributed by atoms with Crippen molar-refractivity contribution in [3.63, 3.8) is 0 Å². The summed E-state index contributed by atoms with van der Waals surface area (Å²) in [7, 11) is -0.648. The third-order valence-electron chi connectivity index (χ3n) is 2.89. The molecule has 0 radical (unpaired) electrons. The molecular weight excluding hydrogens is 270 g/mol. The third-order valence-corrected chi connectivity index (χ3v) is 4.45. The highest BCUT2D eigenvalue weighted by molar-refractivity contribution is 7.89. The molecule has 0 bridgehead atoms. The molecule has 0 atom stereocenters. The highest BCUT2D eigenvalue weighted by Gasteiger charge is 2.25. The average Bonchev–Trinajstić information content (AvgIpc) is 2.59. The van der Waals surface area contributed by atoms with Crippen molar-refractivity contribution in [2.45, 2.75) is 18.7 Å². The van der Waals surface area contributed by atoms with Crippen molar-refractivity contribution < 1.29 is 13.2 Å². The van der Waals surface area contributed by atoms with Gasteiger partial charge in [0.15, 0.2) is 5.82 Å². The minimum absolute atomic E-state index is 0.0798. The van der Waals surface area contributed by atoms with E-state index < -0.39 is 10.0 Å². The van der Waals surface area contributed by atoms with Crippen LogP contribution < -0.4 is 10.5 Å². The fourth-order valence-electron chi connectivity index (χ4n) is 1.49. The molecule has 0 saturated carbocycles. The Hall–Kier alpha value is -1.61. The van der Waals surface area contributed by atoms with Gasteiger partial charge >= 0.3 is 0 Å². The van der Waals surface area contributed by atoms with Gasteiger partial charge in [-0.2, -0.15) is 5.10 Å². The lowest BCUT2D eigenvalue weighted by molar-refractivity contribution is -0.128. The van der Waals surface area contributed by atoms with E-state index in [1.165, 1.54) is 9.58 Å². The van der Waals surface area contributed by atoms with Gasteiger partial charge in [0, 0.05) is 20.6 Å². The highest BCUT2D eigenvalue weighted by atomic mass is 32.2. The normalized spacial score (nSPS) is 11.6. The lowest BCUT2D eigenvalue weighted by Crippen LogP contribution is -2.38. The summed E-state index contributed by atoms with van der Waals surface area (Å²) in [5.74, 6) is -0.394. The molecule has 1 heterocycles. The van der Waals surface area contributed by atoms with Crippen molar-refractivity contribution in [3.8, 4) is 0 Å². The first kappa shape index (κ1) is 15.4. The quantitative estimate of drug-likeness (QED) is 0.727. The molecule has 0 aliphatic carbocycles. The molecule has 1 amide bonds. The number of aryl methyl sites for hydroxylation is 1. The Kier molecular flexibility index (Phi) is 4.53. The minimum Gasteiger partial charge on any atom is -0.381 e. The van der Waals surface area contributed by atoms with Crippen LogP contribution in [0, 0.1) is 6.92 Å². The number of likely N-dealkylation sites (N-methyl/N-ethyl adjacent to an activating group) is 1. The van der Waals surface area contributed by atoms with E-state index in [4.69, 9.17) is 5.73 Å². The lowest BCUT2D eigenvalue weighted by atomic mass is 10.5. The van der Waals surface area contributed by atoms with Gasteiger partial charge in [-0.15, -0.1) is 0 Å². The summed E-state index contributed by atoms with van der Waals surface area (Å²) in [6.45, 7) is 3.60. The Morgan fingerprint density at radius 1 is 1.53 bits per heavy atom. The Bertz CT molecular complexity index is 578. The number of aromatic nitrogens is 2. The van der Waals surface area contributed by atoms with Crippen molar-refractivity contribution >= 4 is 21.7 Å². The van der Waals surface area contributed by atoms with Crippen LogP contribution in [-0.2, 0) is 21.9 Å². The lowest BCUT2D eigenvalue weighted by Gasteiger charge is -2.14. The number of nitrogens with two attached hydrogens (primary N) is 1. The number of rotatable bonds is 5. The number of sulfonamides is 1. The van der Waals surface area contributed by atoms with E-state index in [0.717, 1.165) is 0 Å². The molecule has 0 unspecified atom stereocenters. The first-order chi connectivity index (χ1) is 8.70. The predicted molar refractivity (Wildman–Crippen MR) is 70.9 cm³/mol. The molecule has 0 fully saturated rings. The molecule has 0 saturated heterocycles. The van der Waals surface area contributed by atoms with Crippen LogP contribution in [-0.4, -0.2) is 49.1 Å². The topological polar surface area (TPSA) is 110 Å². The zero-order chi connectivity index (χ0) is 14.8. The van der Waals surface area contributed by atoms with Crippen molar-refractivity contribution in [2.75, 3.05) is 25.9 Å². The van der Waals surface area contributed by atoms with E-state index in [2.05, 4.69) is 9.82 Å². The Balaban J connectivity index is 2.91. The van der Waals surface area contributed by atoms with E-state index in [1.807, 2.05) is 0 Å². The number of carbonyl (C=O) groups is 1. The molecule has 0 aromatic carbocycles. The zero-order valence-corrected chi connectivity index (χ0v) is 12.3. The first-order valence-corrected chi connectivity index (χ1v) is 7.21. The standard InChI is InChI=1S/C10H19N5O3S/c1-5-14(3)8(16)6-12-19(17,18)9-7(2)15(4)13-10(9)11/h12H,5-6H2,1-4H3,(H2,11,13). The maximum Gasteiger partial charge on any atom is 0.246 e. The number of carbonyl (C=O) groups excluding carboxylic acids is 1. The minimum atomic E-state index is -3.84. The van der Waals surface area contributed by atoms with Crippen LogP contribution >= 0.6 is 0 Å². The number of hydrogen-bond acceptors (Lipinski definition) is 5. The molecule has 9 heteroatoms. The third kappa shape index (κ3) is 3.24. The molecular formula is C10H19N5O3S. The second-order valence-electron chi connectivity index (χ2n) is 4.16. The Labute approximate surface area is 112 Å². The first-order valence-electron chi connectivity index (χ1n) is 5.73. The van der Waals surface area contributed by atoms with Gasteiger partial charge in [-0.25, -0.2) is 13.1 Å². The molecule has 8 nitrogen and oxygen atoms in total. The highest BCUT2D eigenvalue weighted by Crippen LogP contribution is 2.20. The summed E-state index contributed by atoms with van der Waals surface area (Å²) < 4.78 is 27.8. The molecule has 3 N–H and O–H groups in total. The number of nitrogens with zero attached hydrogens (tertiary/aromatic N) is 3. The van der Waals surface area contributed by atoms with Gasteiger partial charge < -0.3 is 10.6 Å². The second kappa shape index (κ2) is 5.57. The Morgan fingerprint density at radius 2 is 2.11 bits per heavy atom. The molecule has 0 spiro atoms. The summed E-state index contributed by atoms with van der Waals surface area (Å²) in [6.07, 6.45) is 0. The number of nitrogens with one attached hydrogen (secondary N) is 1. The summed E-state index contributed by atoms with van der Waals surface area (Å²) in [4.78, 5) is 12.9. The van der Waals surface area contributed by atoms with Gasteiger partial charge in [-0.1, -0.05) is 0 Å². The summed E-state index contributed by atoms with van der Waals surface area (Å²) in [5.41, 5.74) is 5.99. The molecule has 1 aromatic heterocycles. The van der Waals surface area contributed by atoms with Crippen LogP contribution in [0.3, 0.4) is 0 Å². The van der Waals surface area contributed by atoms with Gasteiger partial charge in [0.2, 0.25) is 15.9 Å². The van der Waals surface area contributed by atoms with Gasteiger partial charge in [-0.3, -0.25) is 9.48 Å². The van der Waals surface area contributed by atoms with Crippen LogP contribution in [0.15, 0.2) is 4.90 Å². The maximum absolute atomic E-state index is 12.1. The maximum atomic E-state index is 12.1. The molecule has 0 aliphatic rings. The zero-order valence-electron chi connectivity index (χ0n) is 11.5. The summed E-state index contributed by atoms with van der Waals surface area (Å²) >= 11 is 0. The second-order valence-corrected chi connectivity index (χ2v) is 5.86. The summed E-state index contributed by atoms with van der Waals surface area (Å²) in [6, 6.07) is 0. The van der Waals surface area contributed by atoms with Crippen molar-refractivity contribution in [1.29, 1.82) is 0 Å². The SMILES string of the molecule is CCN(C)C(=O)CNS(=O)(=O)c1c(N)nn(C)c1C. The molecule has 108 valence electrons. The number of nitrogen functional groups attached to an aromatic ring is 1. The van der Waals surface area contributed by atoms with E-state index in [-0.39, 0.29) is 23.2 Å². The van der Waals surface area contributed by atoms with Crippen LogP contribution in [0.5, 0.6) is 0 Å². The average molecular weight is 289 g/mol. The van der Waals surface area contributed by atoms with Crippen LogP contribution in [0.1, 0.15) is 12.6 Å². The van der Waals surface area contributed by atoms with Gasteiger partial charge in [0.1, 0.15) is 4.90 Å². The van der Waals surface area contributed by atoms with Crippen molar-refractivity contribution in [2.24, 2.45) is 7.05 Å². The number of amides is 1. The van der Waals surface area contributed by atoms with Crippen LogP contribution in [0.4, 0.5) is 5.82 Å². The number of anilines is 1. The van der Waals surface area contributed by atoms with Crippen LogP contribution in [0.25, 0.3) is 0 Å². The smallest absolute Gasteiger partial charge is 0.246 e. The number of hydrogen-bond donors (Lipinski definition) is 2. The molecule has 1 rings (SSSR count). The predicted octanol–water partition coefficient (Wildman–Crippen LogP) is -0.933. The fraction of sp³-hybridized carbons (Fsp3) is 0.600. The molecule has 1 aromatic rings. The van der Waals surface area contributed by atoms with Crippen molar-refractivity contribution in [1.82, 2.24) is 19.4 Å². The fourth-order valence-corrected chi connectivity index (χ4v) is 2.78. The Morgan fingerprint density at radius 3 is 2.53 bits per heavy atom. The van der Waals surface area contributed by atoms with Crippen molar-refractivity contribution in [3.05, 3.63) is 5.69 Å². The summed E-state index contributed by atoms with van der Waals surface area (Å²) in [5, 5.41) is 3.84. The van der Waals surface area contributed by atoms with Gasteiger partial charge in [0.05, 0.1) is 12.2 Å². The van der Waals surface area contributed by atoms with E-state index in [0.29, 0.717) is 12.2 Å². The van der Waals surface area contributed by atoms with Crippen LogP contribution in [0.2, 0.25) is 0 Å². The molecule has 19 heavy (non-hydrogen) atoms. The van der Waals surface area contributed by atoms with Gasteiger partial charge in [-0.05, 0) is 13.8 Å². The largest absolute Gasteiger partial charge is 0.381 e. The molecule has 0 aliphatic heterocycles. The van der Waals surface area contributed by atoms with E-state index >= 15 is 0 Å². The monoisotopic (exact) mass is 289 g/mol.